The van der Waals surface area contributed by atoms with Gasteiger partial charge in [0, 0.05) is 11.1 Å². The van der Waals surface area contributed by atoms with Crippen LogP contribution in [-0.4, -0.2) is 4.98 Å². The molecule has 0 aliphatic rings. The fourth-order valence-corrected chi connectivity index (χ4v) is 11.9. The number of benzene rings is 6. The van der Waals surface area contributed by atoms with Crippen LogP contribution in [-0.2, 0) is 42.1 Å². The van der Waals surface area contributed by atoms with E-state index in [-0.39, 0.29) is 22.3 Å². The van der Waals surface area contributed by atoms with Gasteiger partial charge in [0.1, 0.15) is 0 Å². The average molecular weight is 971 g/mol. The zero-order valence-electron chi connectivity index (χ0n) is 37.8. The Balaban J connectivity index is 0.000000347. The first-order valence-electron chi connectivity index (χ1n) is 21.7. The summed E-state index contributed by atoms with van der Waals surface area (Å²) in [5.74, 6) is 0.750. The van der Waals surface area contributed by atoms with Gasteiger partial charge in [-0.05, 0) is 82.0 Å². The summed E-state index contributed by atoms with van der Waals surface area (Å²) < 4.78 is 2.74. The maximum atomic E-state index is 14.1. The van der Waals surface area contributed by atoms with E-state index in [1.165, 1.54) is 19.5 Å². The Morgan fingerprint density at radius 3 is 1.15 bits per heavy atom. The summed E-state index contributed by atoms with van der Waals surface area (Å²) in [6, 6.07) is 51.9. The average Bonchev–Trinajstić information content (AvgIpc) is 3.26. The molecule has 4 heteroatoms. The van der Waals surface area contributed by atoms with Gasteiger partial charge in [-0.1, -0.05) is 157 Å². The number of nitrogens with zero attached hydrogens (tertiary/aromatic N) is 1. The third-order valence-corrected chi connectivity index (χ3v) is 17.6. The fraction of sp³-hybridized carbons (Fsp3) is 0.281. The van der Waals surface area contributed by atoms with E-state index < -0.39 is 22.9 Å². The third-order valence-electron chi connectivity index (χ3n) is 12.8. The molecule has 0 spiro atoms. The van der Waals surface area contributed by atoms with Crippen molar-refractivity contribution in [1.29, 1.82) is 0 Å². The number of aromatic nitrogens is 1. The second-order valence-corrected chi connectivity index (χ2v) is 22.5. The van der Waals surface area contributed by atoms with Crippen molar-refractivity contribution in [3.05, 3.63) is 185 Å². The van der Waals surface area contributed by atoms with Gasteiger partial charge in [-0.15, -0.1) is 0 Å². The molecule has 0 saturated heterocycles. The van der Waals surface area contributed by atoms with Crippen molar-refractivity contribution in [1.82, 2.24) is 4.98 Å². The van der Waals surface area contributed by atoms with Gasteiger partial charge in [-0.3, -0.25) is 0 Å². The summed E-state index contributed by atoms with van der Waals surface area (Å²) >= 11 is -0.471. The number of rotatable bonds is 12. The molecule has 0 bridgehead atoms. The molecule has 7 rings (SSSR count). The van der Waals surface area contributed by atoms with Crippen molar-refractivity contribution in [2.45, 2.75) is 88.4 Å². The minimum atomic E-state index is -0.471. The van der Waals surface area contributed by atoms with Crippen LogP contribution in [0.1, 0.15) is 88.8 Å². The van der Waals surface area contributed by atoms with Crippen molar-refractivity contribution in [2.75, 3.05) is 0 Å². The van der Waals surface area contributed by atoms with Gasteiger partial charge in [0.25, 0.3) is 0 Å². The van der Waals surface area contributed by atoms with Crippen LogP contribution in [0.3, 0.4) is 0 Å². The Hall–Kier alpha value is -5.06. The van der Waals surface area contributed by atoms with E-state index in [4.69, 9.17) is 4.98 Å². The van der Waals surface area contributed by atoms with Crippen LogP contribution < -0.4 is 10.2 Å². The molecule has 7 aromatic rings. The molecule has 0 unspecified atom stereocenters. The van der Waals surface area contributed by atoms with Gasteiger partial charge < -0.3 is 10.2 Å². The maximum absolute atomic E-state index is 14.1. The Morgan fingerprint density at radius 1 is 0.443 bits per heavy atom. The third kappa shape index (κ3) is 10.5. The second-order valence-electron chi connectivity index (χ2n) is 18.2. The molecule has 3 nitrogen and oxygen atoms in total. The first-order chi connectivity index (χ1) is 29.1. The van der Waals surface area contributed by atoms with E-state index in [1.807, 2.05) is 91.0 Å². The monoisotopic (exact) mass is 971 g/mol. The Morgan fingerprint density at radius 2 is 0.787 bits per heavy atom. The Bertz CT molecular complexity index is 2380. The van der Waals surface area contributed by atoms with E-state index in [0.717, 1.165) is 55.9 Å². The normalized spacial score (nSPS) is 11.6. The summed E-state index contributed by atoms with van der Waals surface area (Å²) in [6.45, 7) is 21.4. The van der Waals surface area contributed by atoms with Crippen LogP contribution >= 0.6 is 0 Å². The van der Waals surface area contributed by atoms with Crippen molar-refractivity contribution in [3.63, 3.8) is 0 Å². The van der Waals surface area contributed by atoms with Crippen molar-refractivity contribution >= 4 is 0 Å². The van der Waals surface area contributed by atoms with Crippen LogP contribution in [0.2, 0.25) is 0 Å². The molecule has 0 amide bonds. The SMILES string of the molecule is Cc1cc(-c2ccccc2-c2cccc(-c3ccccc3-c3cc(C)cc(C(C)(C)C(C)C)c3[O-])n2)c([O-])c(C(C)(C)C(C)C)c1.c1ccc([CH2][Hf+2][CH2]c2ccccc2)cc1. The van der Waals surface area contributed by atoms with Crippen LogP contribution in [0.25, 0.3) is 44.8 Å². The molecule has 0 aliphatic heterocycles. The summed E-state index contributed by atoms with van der Waals surface area (Å²) in [7, 11) is 0. The van der Waals surface area contributed by atoms with E-state index in [0.29, 0.717) is 23.0 Å². The second kappa shape index (κ2) is 19.8. The van der Waals surface area contributed by atoms with E-state index >= 15 is 0 Å². The molecule has 1 aromatic heterocycles. The molecule has 0 aliphatic carbocycles. The first-order valence-corrected chi connectivity index (χ1v) is 26.8. The molecule has 61 heavy (non-hydrogen) atoms. The van der Waals surface area contributed by atoms with Crippen LogP contribution in [0.15, 0.2) is 152 Å². The fourth-order valence-electron chi connectivity index (χ4n) is 7.69. The number of hydrogen-bond donors (Lipinski definition) is 0. The summed E-state index contributed by atoms with van der Waals surface area (Å²) in [5, 5.41) is 28.2. The molecule has 0 atom stereocenters. The number of pyridine rings is 1. The standard InChI is InChI=1S/C43H49NO2.2C7H7.Hf/c1-26(2)42(7,8)36-24-28(5)22-34(40(36)45)30-16-11-13-18-32(30)38-20-15-21-39(44-38)33-19-14-12-17-31(33)35-23-29(6)25-37(41(35)46)43(9,10)27(3)4;2*1-7-5-3-2-4-6-7;/h11-27,45-46H,1-10H3;2*2-6H,1H2;/q;;;+2/p-2. The number of hydrogen-bond acceptors (Lipinski definition) is 3. The van der Waals surface area contributed by atoms with Gasteiger partial charge in [0.15, 0.2) is 0 Å². The Kier molecular flexibility index (Phi) is 14.7. The molecule has 6 aromatic carbocycles. The predicted molar refractivity (Wildman–Crippen MR) is 250 cm³/mol. The molecule has 0 fully saturated rings. The minimum absolute atomic E-state index is 0.0702. The zero-order chi connectivity index (χ0) is 43.9. The molecule has 310 valence electrons. The van der Waals surface area contributed by atoms with Crippen LogP contribution in [0.4, 0.5) is 0 Å². The van der Waals surface area contributed by atoms with E-state index in [9.17, 15) is 10.2 Å². The molecule has 1 heterocycles. The van der Waals surface area contributed by atoms with E-state index in [2.05, 4.69) is 130 Å². The molecule has 0 N–H and O–H groups in total. The van der Waals surface area contributed by atoms with Crippen molar-refractivity contribution < 1.29 is 33.1 Å². The number of aryl methyl sites for hydroxylation is 2. The zero-order valence-corrected chi connectivity index (χ0v) is 41.4. The van der Waals surface area contributed by atoms with Gasteiger partial charge >= 0.3 is 103 Å². The van der Waals surface area contributed by atoms with Crippen molar-refractivity contribution in [2.24, 2.45) is 11.8 Å². The molecule has 0 radical (unpaired) electrons. The van der Waals surface area contributed by atoms with Gasteiger partial charge in [0.05, 0.1) is 11.4 Å². The van der Waals surface area contributed by atoms with Crippen LogP contribution in [0.5, 0.6) is 11.5 Å². The Labute approximate surface area is 377 Å². The van der Waals surface area contributed by atoms with Crippen LogP contribution in [0, 0.1) is 25.7 Å². The van der Waals surface area contributed by atoms with E-state index in [1.54, 1.807) is 0 Å². The topological polar surface area (TPSA) is 59.0 Å². The predicted octanol–water partition coefficient (Wildman–Crippen LogP) is 13.9. The summed E-state index contributed by atoms with van der Waals surface area (Å²) in [4.78, 5) is 5.18. The summed E-state index contributed by atoms with van der Waals surface area (Å²) in [6.07, 6.45) is 0. The summed E-state index contributed by atoms with van der Waals surface area (Å²) in [5.41, 5.74) is 12.8. The van der Waals surface area contributed by atoms with Crippen molar-refractivity contribution in [3.8, 4) is 56.3 Å². The van der Waals surface area contributed by atoms with Gasteiger partial charge in [0.2, 0.25) is 0 Å². The van der Waals surface area contributed by atoms with Gasteiger partial charge in [-0.2, -0.15) is 0 Å². The quantitative estimate of drug-likeness (QED) is 0.115. The molecule has 0 saturated carbocycles. The van der Waals surface area contributed by atoms with Gasteiger partial charge in [-0.25, -0.2) is 4.98 Å². The molecular weight excluding hydrogens is 909 g/mol. The molecular formula is C57H61HfNO2. The first kappa shape index (κ1) is 45.5.